The standard InChI is InChI=1S/C24H39N5O2/c30-23(24(12-3-1-4-13-24)28-14-5-2-6-15-28)25-20-7-8-21-26-27-22(29(21)16-9-20)19-10-17-31-18-11-19/h19-20H,1-18H2,(H,25,30). The smallest absolute Gasteiger partial charge is 0.240 e. The summed E-state index contributed by atoms with van der Waals surface area (Å²) in [6.07, 6.45) is 14.4. The summed E-state index contributed by atoms with van der Waals surface area (Å²) in [5, 5.41) is 12.6. The highest BCUT2D eigenvalue weighted by Crippen LogP contribution is 2.36. The second kappa shape index (κ2) is 9.57. The molecular weight excluding hydrogens is 390 g/mol. The van der Waals surface area contributed by atoms with Crippen molar-refractivity contribution in [2.45, 2.75) is 108 Å². The third kappa shape index (κ3) is 4.40. The molecule has 1 aromatic rings. The van der Waals surface area contributed by atoms with Crippen molar-refractivity contribution in [2.75, 3.05) is 26.3 Å². The van der Waals surface area contributed by atoms with Crippen molar-refractivity contribution < 1.29 is 9.53 Å². The van der Waals surface area contributed by atoms with Gasteiger partial charge in [0.05, 0.1) is 0 Å². The third-order valence-corrected chi connectivity index (χ3v) is 8.26. The van der Waals surface area contributed by atoms with Gasteiger partial charge >= 0.3 is 0 Å². The Morgan fingerprint density at radius 1 is 0.903 bits per heavy atom. The predicted molar refractivity (Wildman–Crippen MR) is 119 cm³/mol. The number of hydrogen-bond acceptors (Lipinski definition) is 5. The molecule has 2 saturated heterocycles. The van der Waals surface area contributed by atoms with Gasteiger partial charge in [-0.2, -0.15) is 0 Å². The number of aryl methyl sites for hydroxylation is 1. The van der Waals surface area contributed by atoms with Crippen molar-refractivity contribution in [3.8, 4) is 0 Å². The summed E-state index contributed by atoms with van der Waals surface area (Å²) in [5.41, 5.74) is -0.257. The Bertz CT molecular complexity index is 745. The lowest BCUT2D eigenvalue weighted by Gasteiger charge is -2.47. The van der Waals surface area contributed by atoms with Crippen molar-refractivity contribution in [1.82, 2.24) is 25.0 Å². The average molecular weight is 430 g/mol. The van der Waals surface area contributed by atoms with Gasteiger partial charge in [-0.1, -0.05) is 25.7 Å². The Kier molecular flexibility index (Phi) is 6.60. The van der Waals surface area contributed by atoms with E-state index in [4.69, 9.17) is 4.74 Å². The van der Waals surface area contributed by atoms with Gasteiger partial charge in [-0.15, -0.1) is 10.2 Å². The Labute approximate surface area is 186 Å². The van der Waals surface area contributed by atoms with Crippen LogP contribution in [0.25, 0.3) is 0 Å². The highest BCUT2D eigenvalue weighted by Gasteiger charge is 2.45. The van der Waals surface area contributed by atoms with Crippen LogP contribution in [0.1, 0.15) is 94.6 Å². The van der Waals surface area contributed by atoms with E-state index in [1.54, 1.807) is 0 Å². The van der Waals surface area contributed by atoms with Crippen molar-refractivity contribution >= 4 is 5.91 Å². The van der Waals surface area contributed by atoms with E-state index < -0.39 is 0 Å². The molecule has 1 atom stereocenters. The number of aromatic nitrogens is 3. The molecule has 1 amide bonds. The van der Waals surface area contributed by atoms with E-state index in [2.05, 4.69) is 25.0 Å². The molecule has 1 saturated carbocycles. The minimum absolute atomic E-state index is 0.236. The fourth-order valence-electron chi connectivity index (χ4n) is 6.38. The van der Waals surface area contributed by atoms with Gasteiger partial charge in [-0.05, 0) is 64.5 Å². The zero-order valence-corrected chi connectivity index (χ0v) is 19.0. The normalized spacial score (nSPS) is 27.9. The Balaban J connectivity index is 1.25. The number of ether oxygens (including phenoxy) is 1. The fraction of sp³-hybridized carbons (Fsp3) is 0.875. The van der Waals surface area contributed by atoms with Crippen LogP contribution in [0.3, 0.4) is 0 Å². The highest BCUT2D eigenvalue weighted by molar-refractivity contribution is 5.86. The molecular formula is C24H39N5O2. The maximum absolute atomic E-state index is 13.7. The van der Waals surface area contributed by atoms with Crippen molar-refractivity contribution in [3.63, 3.8) is 0 Å². The largest absolute Gasteiger partial charge is 0.381 e. The summed E-state index contributed by atoms with van der Waals surface area (Å²) in [4.78, 5) is 16.3. The fourth-order valence-corrected chi connectivity index (χ4v) is 6.38. The van der Waals surface area contributed by atoms with Gasteiger partial charge in [-0.3, -0.25) is 9.69 Å². The first-order chi connectivity index (χ1) is 15.3. The number of rotatable bonds is 4. The van der Waals surface area contributed by atoms with E-state index in [0.717, 1.165) is 89.4 Å². The first-order valence-electron chi connectivity index (χ1n) is 12.8. The molecule has 172 valence electrons. The molecule has 31 heavy (non-hydrogen) atoms. The first-order valence-corrected chi connectivity index (χ1v) is 12.8. The maximum atomic E-state index is 13.7. The number of fused-ring (bicyclic) bond motifs is 1. The molecule has 1 unspecified atom stereocenters. The average Bonchev–Trinajstić information content (AvgIpc) is 3.14. The van der Waals surface area contributed by atoms with Crippen molar-refractivity contribution in [2.24, 2.45) is 0 Å². The monoisotopic (exact) mass is 429 g/mol. The van der Waals surface area contributed by atoms with Crippen LogP contribution in [0, 0.1) is 0 Å². The molecule has 7 nitrogen and oxygen atoms in total. The minimum Gasteiger partial charge on any atom is -0.381 e. The zero-order chi connectivity index (χ0) is 21.1. The quantitative estimate of drug-likeness (QED) is 0.796. The number of piperidine rings is 1. The predicted octanol–water partition coefficient (Wildman–Crippen LogP) is 3.18. The van der Waals surface area contributed by atoms with Gasteiger partial charge < -0.3 is 14.6 Å². The topological polar surface area (TPSA) is 72.3 Å². The van der Waals surface area contributed by atoms with Crippen LogP contribution in [0.4, 0.5) is 0 Å². The number of likely N-dealkylation sites (tertiary alicyclic amines) is 1. The lowest BCUT2D eigenvalue weighted by Crippen LogP contribution is -2.62. The lowest BCUT2D eigenvalue weighted by molar-refractivity contribution is -0.138. The first kappa shape index (κ1) is 21.4. The number of amides is 1. The molecule has 0 radical (unpaired) electrons. The molecule has 0 bridgehead atoms. The van der Waals surface area contributed by atoms with E-state index in [9.17, 15) is 4.79 Å². The van der Waals surface area contributed by atoms with Crippen LogP contribution in [0.5, 0.6) is 0 Å². The summed E-state index contributed by atoms with van der Waals surface area (Å²) < 4.78 is 7.89. The molecule has 0 spiro atoms. The Morgan fingerprint density at radius 2 is 1.65 bits per heavy atom. The second-order valence-electron chi connectivity index (χ2n) is 10.2. The third-order valence-electron chi connectivity index (χ3n) is 8.26. The van der Waals surface area contributed by atoms with E-state index >= 15 is 0 Å². The van der Waals surface area contributed by atoms with E-state index in [1.165, 1.54) is 38.5 Å². The molecule has 1 aromatic heterocycles. The van der Waals surface area contributed by atoms with Crippen LogP contribution >= 0.6 is 0 Å². The number of carbonyl (C=O) groups is 1. The Hall–Kier alpha value is -1.47. The van der Waals surface area contributed by atoms with Gasteiger partial charge in [0.25, 0.3) is 0 Å². The number of carbonyl (C=O) groups excluding carboxylic acids is 1. The van der Waals surface area contributed by atoms with E-state index in [1.807, 2.05) is 0 Å². The molecule has 1 aliphatic carbocycles. The summed E-state index contributed by atoms with van der Waals surface area (Å²) in [5.74, 6) is 3.01. The van der Waals surface area contributed by atoms with Crippen LogP contribution in [0.2, 0.25) is 0 Å². The minimum atomic E-state index is -0.257. The van der Waals surface area contributed by atoms with Crippen LogP contribution in [0.15, 0.2) is 0 Å². The molecule has 0 aromatic carbocycles. The summed E-state index contributed by atoms with van der Waals surface area (Å²) >= 11 is 0. The van der Waals surface area contributed by atoms with E-state index in [-0.39, 0.29) is 11.6 Å². The van der Waals surface area contributed by atoms with Crippen LogP contribution in [-0.4, -0.2) is 63.5 Å². The van der Waals surface area contributed by atoms with Gasteiger partial charge in [0.15, 0.2) is 0 Å². The molecule has 4 aliphatic rings. The summed E-state index contributed by atoms with van der Waals surface area (Å²) in [7, 11) is 0. The SMILES string of the molecule is O=C(NC1CCc2nnc(C3CCOCC3)n2CC1)C1(N2CCCCC2)CCCCC1. The van der Waals surface area contributed by atoms with Crippen molar-refractivity contribution in [1.29, 1.82) is 0 Å². The van der Waals surface area contributed by atoms with Gasteiger partial charge in [0, 0.05) is 38.1 Å². The molecule has 1 N–H and O–H groups in total. The lowest BCUT2D eigenvalue weighted by atomic mass is 9.78. The van der Waals surface area contributed by atoms with Crippen molar-refractivity contribution in [3.05, 3.63) is 11.6 Å². The molecule has 3 aliphatic heterocycles. The van der Waals surface area contributed by atoms with Gasteiger partial charge in [-0.25, -0.2) is 0 Å². The van der Waals surface area contributed by atoms with E-state index in [0.29, 0.717) is 11.8 Å². The number of nitrogens with zero attached hydrogens (tertiary/aromatic N) is 4. The second-order valence-corrected chi connectivity index (χ2v) is 10.2. The molecule has 4 heterocycles. The zero-order valence-electron chi connectivity index (χ0n) is 19.0. The molecule has 3 fully saturated rings. The van der Waals surface area contributed by atoms with Crippen LogP contribution in [-0.2, 0) is 22.5 Å². The summed E-state index contributed by atoms with van der Waals surface area (Å²) in [6.45, 7) is 4.74. The number of nitrogens with one attached hydrogen (secondary N) is 1. The van der Waals surface area contributed by atoms with Gasteiger partial charge in [0.1, 0.15) is 17.2 Å². The highest BCUT2D eigenvalue weighted by atomic mass is 16.5. The van der Waals surface area contributed by atoms with Crippen LogP contribution < -0.4 is 5.32 Å². The summed E-state index contributed by atoms with van der Waals surface area (Å²) in [6, 6.07) is 0.236. The van der Waals surface area contributed by atoms with Gasteiger partial charge in [0.2, 0.25) is 5.91 Å². The molecule has 7 heteroatoms. The molecule has 5 rings (SSSR count). The maximum Gasteiger partial charge on any atom is 0.240 e. The number of hydrogen-bond donors (Lipinski definition) is 1. The Morgan fingerprint density at radius 3 is 2.42 bits per heavy atom.